The maximum Gasteiger partial charge on any atom is 0.534 e. The summed E-state index contributed by atoms with van der Waals surface area (Å²) in [6.45, 7) is 1.98. The molecule has 0 saturated carbocycles. The fraction of sp³-hybridized carbons (Fsp3) is 0.455. The SMILES string of the molecule is O=S(=O)(Oc1ccc2c(c1)C(Cc1cccc(Cl)c1)C(N1CCCC1)CC2)C(F)(F)F. The molecule has 0 radical (unpaired) electrons. The second kappa shape index (κ2) is 8.64. The Labute approximate surface area is 185 Å². The van der Waals surface area contributed by atoms with Gasteiger partial charge in [0.05, 0.1) is 0 Å². The lowest BCUT2D eigenvalue weighted by Crippen LogP contribution is -2.41. The quantitative estimate of drug-likeness (QED) is 0.436. The molecule has 0 N–H and O–H groups in total. The highest BCUT2D eigenvalue weighted by molar-refractivity contribution is 7.88. The van der Waals surface area contributed by atoms with Gasteiger partial charge in [-0.3, -0.25) is 4.90 Å². The Bertz CT molecular complexity index is 1050. The van der Waals surface area contributed by atoms with Crippen molar-refractivity contribution in [2.45, 2.75) is 49.6 Å². The van der Waals surface area contributed by atoms with Gasteiger partial charge < -0.3 is 4.18 Å². The minimum Gasteiger partial charge on any atom is -0.376 e. The predicted octanol–water partition coefficient (Wildman–Crippen LogP) is 5.31. The number of alkyl halides is 3. The Morgan fingerprint density at radius 1 is 1.10 bits per heavy atom. The minimum absolute atomic E-state index is 0.00235. The lowest BCUT2D eigenvalue weighted by Gasteiger charge is -2.39. The van der Waals surface area contributed by atoms with E-state index in [9.17, 15) is 21.6 Å². The molecule has 9 heteroatoms. The molecule has 31 heavy (non-hydrogen) atoms. The van der Waals surface area contributed by atoms with E-state index >= 15 is 0 Å². The topological polar surface area (TPSA) is 46.6 Å². The van der Waals surface area contributed by atoms with Crippen LogP contribution >= 0.6 is 11.6 Å². The van der Waals surface area contributed by atoms with Gasteiger partial charge in [-0.05, 0) is 86.1 Å². The Morgan fingerprint density at radius 2 is 1.84 bits per heavy atom. The van der Waals surface area contributed by atoms with Crippen molar-refractivity contribution in [2.75, 3.05) is 13.1 Å². The lowest BCUT2D eigenvalue weighted by atomic mass is 9.75. The summed E-state index contributed by atoms with van der Waals surface area (Å²) in [4.78, 5) is 2.44. The standard InChI is InChI=1S/C22H23ClF3NO3S/c23-17-5-3-4-15(12-17)13-20-19-14-18(30-31(28,29)22(24,25)26)8-6-16(19)7-9-21(20)27-10-1-2-11-27/h3-6,8,12,14,20-21H,1-2,7,9-11,13H2. The molecular weight excluding hydrogens is 451 g/mol. The molecule has 2 aromatic carbocycles. The van der Waals surface area contributed by atoms with E-state index < -0.39 is 15.6 Å². The van der Waals surface area contributed by atoms with Crippen molar-refractivity contribution in [1.29, 1.82) is 0 Å². The third kappa shape index (κ3) is 4.86. The molecule has 0 bridgehead atoms. The molecule has 2 atom stereocenters. The molecule has 2 aliphatic rings. The number of aryl methyl sites for hydroxylation is 1. The lowest BCUT2D eigenvalue weighted by molar-refractivity contribution is -0.0500. The highest BCUT2D eigenvalue weighted by atomic mass is 35.5. The maximum atomic E-state index is 12.8. The molecule has 4 nitrogen and oxygen atoms in total. The van der Waals surface area contributed by atoms with E-state index in [0.29, 0.717) is 11.4 Å². The van der Waals surface area contributed by atoms with Crippen LogP contribution in [0.2, 0.25) is 5.02 Å². The number of likely N-dealkylation sites (tertiary alicyclic amines) is 1. The van der Waals surface area contributed by atoms with E-state index in [1.54, 1.807) is 12.1 Å². The Balaban J connectivity index is 1.70. The Morgan fingerprint density at radius 3 is 2.52 bits per heavy atom. The van der Waals surface area contributed by atoms with Crippen molar-refractivity contribution in [3.05, 3.63) is 64.2 Å². The number of hydrogen-bond acceptors (Lipinski definition) is 4. The average Bonchev–Trinajstić information content (AvgIpc) is 3.22. The summed E-state index contributed by atoms with van der Waals surface area (Å²) in [5.74, 6) is -0.313. The minimum atomic E-state index is -5.72. The zero-order valence-electron chi connectivity index (χ0n) is 16.7. The number of nitrogens with zero attached hydrogens (tertiary/aromatic N) is 1. The Hall–Kier alpha value is -1.77. The molecule has 0 spiro atoms. The molecule has 1 saturated heterocycles. The van der Waals surface area contributed by atoms with E-state index in [0.717, 1.165) is 55.5 Å². The number of benzene rings is 2. The largest absolute Gasteiger partial charge is 0.534 e. The van der Waals surface area contributed by atoms with Crippen LogP contribution in [0.1, 0.15) is 41.9 Å². The molecule has 1 fully saturated rings. The summed E-state index contributed by atoms with van der Waals surface area (Å²) in [6, 6.07) is 12.2. The van der Waals surface area contributed by atoms with Gasteiger partial charge in [0, 0.05) is 17.0 Å². The van der Waals surface area contributed by atoms with Crippen LogP contribution in [0.4, 0.5) is 13.2 Å². The summed E-state index contributed by atoms with van der Waals surface area (Å²) in [7, 11) is -5.72. The molecule has 168 valence electrons. The molecular formula is C22H23ClF3NO3S. The fourth-order valence-electron chi connectivity index (χ4n) is 4.76. The van der Waals surface area contributed by atoms with Gasteiger partial charge in [-0.1, -0.05) is 29.8 Å². The zero-order valence-corrected chi connectivity index (χ0v) is 18.3. The molecule has 4 rings (SSSR count). The van der Waals surface area contributed by atoms with Gasteiger partial charge >= 0.3 is 15.6 Å². The first kappa shape index (κ1) is 22.4. The molecule has 1 aliphatic carbocycles. The van der Waals surface area contributed by atoms with Gasteiger partial charge in [-0.15, -0.1) is 0 Å². The maximum absolute atomic E-state index is 12.8. The number of rotatable bonds is 5. The van der Waals surface area contributed by atoms with E-state index in [4.69, 9.17) is 11.6 Å². The van der Waals surface area contributed by atoms with Crippen molar-refractivity contribution < 1.29 is 25.8 Å². The van der Waals surface area contributed by atoms with E-state index in [2.05, 4.69) is 9.08 Å². The number of fused-ring (bicyclic) bond motifs is 1. The van der Waals surface area contributed by atoms with Gasteiger partial charge in [-0.2, -0.15) is 21.6 Å². The van der Waals surface area contributed by atoms with Gasteiger partial charge in [-0.25, -0.2) is 0 Å². The molecule has 1 heterocycles. The zero-order chi connectivity index (χ0) is 22.2. The van der Waals surface area contributed by atoms with Crippen LogP contribution in [-0.4, -0.2) is 38.0 Å². The van der Waals surface area contributed by atoms with Crippen LogP contribution in [0, 0.1) is 0 Å². The average molecular weight is 474 g/mol. The van der Waals surface area contributed by atoms with Crippen LogP contribution in [0.15, 0.2) is 42.5 Å². The van der Waals surface area contributed by atoms with Crippen molar-refractivity contribution in [1.82, 2.24) is 4.90 Å². The third-order valence-corrected chi connectivity index (χ3v) is 7.35. The van der Waals surface area contributed by atoms with E-state index in [1.807, 2.05) is 18.2 Å². The van der Waals surface area contributed by atoms with Crippen LogP contribution in [0.3, 0.4) is 0 Å². The fourth-order valence-corrected chi connectivity index (χ4v) is 5.42. The highest BCUT2D eigenvalue weighted by Gasteiger charge is 2.48. The van der Waals surface area contributed by atoms with Crippen LogP contribution in [0.5, 0.6) is 5.75 Å². The van der Waals surface area contributed by atoms with Gasteiger partial charge in [0.1, 0.15) is 5.75 Å². The van der Waals surface area contributed by atoms with Crippen LogP contribution in [0.25, 0.3) is 0 Å². The van der Waals surface area contributed by atoms with Crippen molar-refractivity contribution in [3.63, 3.8) is 0 Å². The summed E-state index contributed by atoms with van der Waals surface area (Å²) in [5, 5.41) is 0.625. The van der Waals surface area contributed by atoms with Gasteiger partial charge in [0.25, 0.3) is 0 Å². The van der Waals surface area contributed by atoms with Crippen molar-refractivity contribution in [3.8, 4) is 5.75 Å². The summed E-state index contributed by atoms with van der Waals surface area (Å²) in [5.41, 5.74) is -2.58. The summed E-state index contributed by atoms with van der Waals surface area (Å²) >= 11 is 6.16. The second-order valence-electron chi connectivity index (χ2n) is 8.13. The van der Waals surface area contributed by atoms with Crippen LogP contribution in [-0.2, 0) is 23.0 Å². The summed E-state index contributed by atoms with van der Waals surface area (Å²) in [6.07, 6.45) is 4.64. The first-order chi connectivity index (χ1) is 14.6. The summed E-state index contributed by atoms with van der Waals surface area (Å²) < 4.78 is 65.8. The molecule has 0 aromatic heterocycles. The van der Waals surface area contributed by atoms with Crippen molar-refractivity contribution in [2.24, 2.45) is 0 Å². The predicted molar refractivity (Wildman–Crippen MR) is 113 cm³/mol. The van der Waals surface area contributed by atoms with Crippen LogP contribution < -0.4 is 4.18 Å². The molecule has 1 aliphatic heterocycles. The first-order valence-electron chi connectivity index (χ1n) is 10.3. The number of halogens is 4. The monoisotopic (exact) mass is 473 g/mol. The van der Waals surface area contributed by atoms with E-state index in [1.165, 1.54) is 12.1 Å². The highest BCUT2D eigenvalue weighted by Crippen LogP contribution is 2.40. The van der Waals surface area contributed by atoms with Gasteiger partial charge in [0.2, 0.25) is 0 Å². The molecule has 2 aromatic rings. The number of hydrogen-bond donors (Lipinski definition) is 0. The Kier molecular flexibility index (Phi) is 6.25. The third-order valence-electron chi connectivity index (χ3n) is 6.13. The van der Waals surface area contributed by atoms with E-state index in [-0.39, 0.29) is 17.7 Å². The van der Waals surface area contributed by atoms with Gasteiger partial charge in [0.15, 0.2) is 0 Å². The molecule has 2 unspecified atom stereocenters. The smallest absolute Gasteiger partial charge is 0.376 e. The normalized spacial score (nSPS) is 22.3. The first-order valence-corrected chi connectivity index (χ1v) is 12.0. The molecule has 0 amide bonds. The second-order valence-corrected chi connectivity index (χ2v) is 10.1. The van der Waals surface area contributed by atoms with Crippen molar-refractivity contribution >= 4 is 21.7 Å².